The van der Waals surface area contributed by atoms with Gasteiger partial charge in [0.05, 0.1) is 5.69 Å². The molecule has 1 aromatic heterocycles. The van der Waals surface area contributed by atoms with E-state index in [-0.39, 0.29) is 11.9 Å². The second-order valence-corrected chi connectivity index (χ2v) is 5.37. The Kier molecular flexibility index (Phi) is 4.38. The average molecular weight is 288 g/mol. The van der Waals surface area contributed by atoms with E-state index in [0.29, 0.717) is 24.5 Å². The number of nitrogens with one attached hydrogen (secondary N) is 1. The number of likely N-dealkylation sites (N-methyl/N-ethyl adjacent to an activating group) is 1. The van der Waals surface area contributed by atoms with E-state index in [2.05, 4.69) is 21.6 Å². The first-order valence-electron chi connectivity index (χ1n) is 6.90. The van der Waals surface area contributed by atoms with E-state index < -0.39 is 0 Å². The van der Waals surface area contributed by atoms with Crippen LogP contribution in [0.25, 0.3) is 0 Å². The molecule has 0 aliphatic carbocycles. The summed E-state index contributed by atoms with van der Waals surface area (Å²) in [5.74, 6) is 0.494. The van der Waals surface area contributed by atoms with Crippen LogP contribution >= 0.6 is 0 Å². The first-order valence-corrected chi connectivity index (χ1v) is 6.90. The van der Waals surface area contributed by atoms with Gasteiger partial charge in [-0.3, -0.25) is 4.79 Å². The normalized spacial score (nSPS) is 18.2. The van der Waals surface area contributed by atoms with Crippen molar-refractivity contribution in [3.8, 4) is 6.07 Å². The molecule has 2 heterocycles. The number of nitriles is 1. The lowest BCUT2D eigenvalue weighted by molar-refractivity contribution is -0.130. The molecule has 1 unspecified atom stereocenters. The predicted octanol–water partition coefficient (Wildman–Crippen LogP) is -0.168. The maximum Gasteiger partial charge on any atom is 0.246 e. The second kappa shape index (κ2) is 6.06. The monoisotopic (exact) mass is 288 g/mol. The summed E-state index contributed by atoms with van der Waals surface area (Å²) in [5, 5.41) is 20.9. The Bertz CT molecular complexity index is 592. The molecule has 1 aliphatic rings. The van der Waals surface area contributed by atoms with Crippen molar-refractivity contribution in [2.24, 2.45) is 0 Å². The fraction of sp³-hybridized carbons (Fsp3) is 0.571. The Hall–Kier alpha value is -2.20. The molecule has 2 rings (SSSR count). The van der Waals surface area contributed by atoms with Crippen LogP contribution in [0, 0.1) is 25.2 Å². The zero-order valence-electron chi connectivity index (χ0n) is 12.8. The molecule has 7 heteroatoms. The van der Waals surface area contributed by atoms with Crippen LogP contribution in [0.2, 0.25) is 0 Å². The maximum absolute atomic E-state index is 12.3. The van der Waals surface area contributed by atoms with Crippen molar-refractivity contribution in [2.45, 2.75) is 19.9 Å². The molecule has 0 saturated carbocycles. The molecule has 0 spiro atoms. The average Bonchev–Trinajstić information content (AvgIpc) is 2.49. The molecule has 1 atom stereocenters. The number of rotatable bonds is 2. The third kappa shape index (κ3) is 2.81. The van der Waals surface area contributed by atoms with Gasteiger partial charge in [-0.15, -0.1) is 5.10 Å². The van der Waals surface area contributed by atoms with Crippen molar-refractivity contribution in [1.29, 1.82) is 5.26 Å². The molecular formula is C14H20N6O. The van der Waals surface area contributed by atoms with Gasteiger partial charge >= 0.3 is 0 Å². The van der Waals surface area contributed by atoms with Gasteiger partial charge in [0.2, 0.25) is 5.91 Å². The highest BCUT2D eigenvalue weighted by atomic mass is 16.2. The molecule has 0 radical (unpaired) electrons. The van der Waals surface area contributed by atoms with E-state index in [0.717, 1.165) is 17.8 Å². The Morgan fingerprint density at radius 2 is 2.14 bits per heavy atom. The van der Waals surface area contributed by atoms with Crippen LogP contribution in [0.4, 0.5) is 5.82 Å². The molecule has 1 amide bonds. The zero-order valence-corrected chi connectivity index (χ0v) is 12.8. The highest BCUT2D eigenvalue weighted by Gasteiger charge is 2.32. The molecule has 1 N–H and O–H groups in total. The largest absolute Gasteiger partial charge is 0.347 e. The highest BCUT2D eigenvalue weighted by Crippen LogP contribution is 2.24. The maximum atomic E-state index is 12.3. The van der Waals surface area contributed by atoms with Gasteiger partial charge in [0.1, 0.15) is 17.7 Å². The van der Waals surface area contributed by atoms with Gasteiger partial charge in [0.15, 0.2) is 5.82 Å². The first kappa shape index (κ1) is 15.2. The summed E-state index contributed by atoms with van der Waals surface area (Å²) in [4.78, 5) is 15.8. The minimum absolute atomic E-state index is 0.00822. The lowest BCUT2D eigenvalue weighted by Gasteiger charge is -2.37. The summed E-state index contributed by atoms with van der Waals surface area (Å²) in [6, 6.07) is 1.84. The van der Waals surface area contributed by atoms with Gasteiger partial charge in [-0.05, 0) is 19.4 Å². The van der Waals surface area contributed by atoms with Crippen LogP contribution in [0.15, 0.2) is 0 Å². The van der Waals surface area contributed by atoms with Crippen molar-refractivity contribution in [3.05, 3.63) is 16.8 Å². The summed E-state index contributed by atoms with van der Waals surface area (Å²) >= 11 is 0. The minimum atomic E-state index is -0.364. The fourth-order valence-corrected chi connectivity index (χ4v) is 2.41. The van der Waals surface area contributed by atoms with Gasteiger partial charge in [-0.2, -0.15) is 10.4 Å². The molecule has 21 heavy (non-hydrogen) atoms. The van der Waals surface area contributed by atoms with Crippen LogP contribution in [0.3, 0.4) is 0 Å². The number of aryl methyl sites for hydroxylation is 1. The highest BCUT2D eigenvalue weighted by molar-refractivity contribution is 5.85. The van der Waals surface area contributed by atoms with Gasteiger partial charge < -0.3 is 15.1 Å². The lowest BCUT2D eigenvalue weighted by Crippen LogP contribution is -2.58. The predicted molar refractivity (Wildman–Crippen MR) is 78.9 cm³/mol. The number of carbonyl (C=O) groups is 1. The molecule has 1 aliphatic heterocycles. The molecule has 7 nitrogen and oxygen atoms in total. The number of piperazine rings is 1. The van der Waals surface area contributed by atoms with Crippen molar-refractivity contribution in [2.75, 3.05) is 38.6 Å². The number of amides is 1. The molecule has 1 fully saturated rings. The summed E-state index contributed by atoms with van der Waals surface area (Å²) in [6.45, 7) is 5.59. The number of carbonyl (C=O) groups excluding carboxylic acids is 1. The van der Waals surface area contributed by atoms with E-state index in [1.165, 1.54) is 0 Å². The van der Waals surface area contributed by atoms with Gasteiger partial charge in [-0.25, -0.2) is 0 Å². The fourth-order valence-electron chi connectivity index (χ4n) is 2.41. The third-order valence-corrected chi connectivity index (χ3v) is 3.79. The molecule has 112 valence electrons. The van der Waals surface area contributed by atoms with Crippen LogP contribution in [-0.2, 0) is 4.79 Å². The minimum Gasteiger partial charge on any atom is -0.347 e. The SMILES string of the molecule is Cc1nnc(N2CCNCC2C(=O)N(C)C)c(C#N)c1C. The topological polar surface area (TPSA) is 85.2 Å². The van der Waals surface area contributed by atoms with E-state index in [4.69, 9.17) is 0 Å². The summed E-state index contributed by atoms with van der Waals surface area (Å²) < 4.78 is 0. The number of hydrogen-bond donors (Lipinski definition) is 1. The summed E-state index contributed by atoms with van der Waals surface area (Å²) in [5.41, 5.74) is 2.05. The summed E-state index contributed by atoms with van der Waals surface area (Å²) in [7, 11) is 3.46. The molecular weight excluding hydrogens is 268 g/mol. The van der Waals surface area contributed by atoms with E-state index in [9.17, 15) is 10.1 Å². The van der Waals surface area contributed by atoms with Crippen LogP contribution in [0.1, 0.15) is 16.8 Å². The van der Waals surface area contributed by atoms with Crippen LogP contribution in [0.5, 0.6) is 0 Å². The van der Waals surface area contributed by atoms with Gasteiger partial charge in [0, 0.05) is 33.7 Å². The van der Waals surface area contributed by atoms with E-state index in [1.807, 2.05) is 18.7 Å². The standard InChI is InChI=1S/C14H20N6O/c1-9-10(2)17-18-13(11(9)7-15)20-6-5-16-8-12(20)14(21)19(3)4/h12,16H,5-6,8H2,1-4H3. The molecule has 1 aromatic rings. The van der Waals surface area contributed by atoms with Crippen molar-refractivity contribution >= 4 is 11.7 Å². The zero-order chi connectivity index (χ0) is 15.6. The quantitative estimate of drug-likeness (QED) is 0.813. The Labute approximate surface area is 124 Å². The molecule has 1 saturated heterocycles. The number of hydrogen-bond acceptors (Lipinski definition) is 6. The van der Waals surface area contributed by atoms with E-state index in [1.54, 1.807) is 19.0 Å². The van der Waals surface area contributed by atoms with Crippen molar-refractivity contribution in [3.63, 3.8) is 0 Å². The second-order valence-electron chi connectivity index (χ2n) is 5.37. The van der Waals surface area contributed by atoms with Crippen LogP contribution in [-0.4, -0.2) is 60.8 Å². The smallest absolute Gasteiger partial charge is 0.246 e. The number of aromatic nitrogens is 2. The third-order valence-electron chi connectivity index (χ3n) is 3.79. The Balaban J connectivity index is 2.46. The number of nitrogens with zero attached hydrogens (tertiary/aromatic N) is 5. The van der Waals surface area contributed by atoms with Gasteiger partial charge in [-0.1, -0.05) is 0 Å². The summed E-state index contributed by atoms with van der Waals surface area (Å²) in [6.07, 6.45) is 0. The van der Waals surface area contributed by atoms with Gasteiger partial charge in [0.25, 0.3) is 0 Å². The lowest BCUT2D eigenvalue weighted by atomic mass is 10.1. The van der Waals surface area contributed by atoms with Crippen molar-refractivity contribution in [1.82, 2.24) is 20.4 Å². The Morgan fingerprint density at radius 3 is 2.76 bits per heavy atom. The Morgan fingerprint density at radius 1 is 1.43 bits per heavy atom. The van der Waals surface area contributed by atoms with Crippen molar-refractivity contribution < 1.29 is 4.79 Å². The molecule has 0 bridgehead atoms. The number of anilines is 1. The van der Waals surface area contributed by atoms with Crippen LogP contribution < -0.4 is 10.2 Å². The van der Waals surface area contributed by atoms with E-state index >= 15 is 0 Å². The first-order chi connectivity index (χ1) is 9.97. The molecule has 0 aromatic carbocycles.